The van der Waals surface area contributed by atoms with Crippen molar-refractivity contribution in [1.82, 2.24) is 0 Å². The molecule has 0 amide bonds. The van der Waals surface area contributed by atoms with Crippen molar-refractivity contribution >= 4 is 0 Å². The molecule has 0 radical (unpaired) electrons. The monoisotopic (exact) mass is 350 g/mol. The van der Waals surface area contributed by atoms with Gasteiger partial charge in [0, 0.05) is 5.92 Å². The Hall–Kier alpha value is -1.97. The minimum atomic E-state index is -0.813. The lowest BCUT2D eigenvalue weighted by Gasteiger charge is -2.17. The molecule has 25 heavy (non-hydrogen) atoms. The zero-order chi connectivity index (χ0) is 18.2. The van der Waals surface area contributed by atoms with Crippen LogP contribution >= 0.6 is 0 Å². The average molecular weight is 350 g/mol. The summed E-state index contributed by atoms with van der Waals surface area (Å²) in [5.74, 6) is -2.75. The fraction of sp³-hybridized carbons (Fsp3) is 0.429. The molecule has 2 rings (SSSR count). The first kappa shape index (κ1) is 19.4. The summed E-state index contributed by atoms with van der Waals surface area (Å²) in [6, 6.07) is 9.94. The lowest BCUT2D eigenvalue weighted by Crippen LogP contribution is -2.06. The number of aryl methyl sites for hydroxylation is 1. The van der Waals surface area contributed by atoms with E-state index in [1.165, 1.54) is 26.4 Å². The van der Waals surface area contributed by atoms with Gasteiger partial charge in [0.1, 0.15) is 6.67 Å². The predicted octanol–water partition coefficient (Wildman–Crippen LogP) is 6.20. The summed E-state index contributed by atoms with van der Waals surface area (Å²) in [5.41, 5.74) is 2.14. The van der Waals surface area contributed by atoms with Gasteiger partial charge in [0.25, 0.3) is 0 Å². The third kappa shape index (κ3) is 5.00. The van der Waals surface area contributed by atoms with Gasteiger partial charge < -0.3 is 4.74 Å². The summed E-state index contributed by atoms with van der Waals surface area (Å²) in [7, 11) is 1.20. The molecule has 4 heteroatoms. The first-order valence-corrected chi connectivity index (χ1v) is 8.78. The molecule has 0 aliphatic carbocycles. The molecule has 0 saturated heterocycles. The molecular weight excluding hydrogens is 325 g/mol. The Morgan fingerprint density at radius 1 is 0.960 bits per heavy atom. The van der Waals surface area contributed by atoms with E-state index in [9.17, 15) is 13.2 Å². The lowest BCUT2D eigenvalue weighted by atomic mass is 9.90. The first-order chi connectivity index (χ1) is 12.1. The van der Waals surface area contributed by atoms with Gasteiger partial charge in [0.05, 0.1) is 7.11 Å². The molecule has 0 spiro atoms. The Balaban J connectivity index is 2.23. The summed E-state index contributed by atoms with van der Waals surface area (Å²) in [6.45, 7) is 1.45. The van der Waals surface area contributed by atoms with Crippen LogP contribution in [0, 0.1) is 11.6 Å². The number of methoxy groups -OCH3 is 1. The molecule has 0 fully saturated rings. The van der Waals surface area contributed by atoms with Crippen LogP contribution in [-0.2, 0) is 6.42 Å². The quantitative estimate of drug-likeness (QED) is 0.489. The van der Waals surface area contributed by atoms with Crippen molar-refractivity contribution in [2.75, 3.05) is 13.8 Å². The Bertz CT molecular complexity index is 662. The number of rotatable bonds is 9. The number of benzene rings is 2. The standard InChI is InChI=1S/C21H25F3O/c1-3-4-5-6-8-15-9-7-10-16(11-15)18(14-22)17-12-19(23)21(25-2)20(24)13-17/h7,9-13,18H,3-6,8,14H2,1-2H3. The van der Waals surface area contributed by atoms with Crippen molar-refractivity contribution in [2.24, 2.45) is 0 Å². The van der Waals surface area contributed by atoms with E-state index in [1.54, 1.807) is 6.07 Å². The molecule has 2 aromatic carbocycles. The molecular formula is C21H25F3O. The SMILES string of the molecule is CCCCCCc1cccc(C(CF)c2cc(F)c(OC)c(F)c2)c1. The Labute approximate surface area is 147 Å². The van der Waals surface area contributed by atoms with Crippen LogP contribution in [0.2, 0.25) is 0 Å². The van der Waals surface area contributed by atoms with E-state index >= 15 is 0 Å². The smallest absolute Gasteiger partial charge is 0.190 e. The lowest BCUT2D eigenvalue weighted by molar-refractivity contribution is 0.358. The molecule has 0 N–H and O–H groups in total. The third-order valence-corrected chi connectivity index (χ3v) is 4.45. The first-order valence-electron chi connectivity index (χ1n) is 8.78. The maximum Gasteiger partial charge on any atom is 0.190 e. The highest BCUT2D eigenvalue weighted by Crippen LogP contribution is 2.31. The zero-order valence-electron chi connectivity index (χ0n) is 14.8. The topological polar surface area (TPSA) is 9.23 Å². The maximum absolute atomic E-state index is 14.0. The highest BCUT2D eigenvalue weighted by molar-refractivity contribution is 5.39. The van der Waals surface area contributed by atoms with Crippen LogP contribution in [0.25, 0.3) is 0 Å². The summed E-state index contributed by atoms with van der Waals surface area (Å²) in [4.78, 5) is 0. The third-order valence-electron chi connectivity index (χ3n) is 4.45. The number of unbranched alkanes of at least 4 members (excludes halogenated alkanes) is 3. The van der Waals surface area contributed by atoms with Gasteiger partial charge in [0.15, 0.2) is 17.4 Å². The van der Waals surface area contributed by atoms with Gasteiger partial charge in [-0.2, -0.15) is 0 Å². The van der Waals surface area contributed by atoms with E-state index in [2.05, 4.69) is 11.7 Å². The largest absolute Gasteiger partial charge is 0.491 e. The molecule has 136 valence electrons. The summed E-state index contributed by atoms with van der Waals surface area (Å²) >= 11 is 0. The van der Waals surface area contributed by atoms with Crippen LogP contribution in [0.1, 0.15) is 55.2 Å². The van der Waals surface area contributed by atoms with E-state index in [0.717, 1.165) is 36.1 Å². The van der Waals surface area contributed by atoms with Crippen molar-refractivity contribution in [3.63, 3.8) is 0 Å². The van der Waals surface area contributed by atoms with Crippen molar-refractivity contribution in [3.8, 4) is 5.75 Å². The molecule has 0 aromatic heterocycles. The predicted molar refractivity (Wildman–Crippen MR) is 95.0 cm³/mol. The number of alkyl halides is 1. The van der Waals surface area contributed by atoms with Crippen molar-refractivity contribution in [2.45, 2.75) is 44.9 Å². The van der Waals surface area contributed by atoms with E-state index in [1.807, 2.05) is 18.2 Å². The Kier molecular flexibility index (Phi) is 7.35. The summed E-state index contributed by atoms with van der Waals surface area (Å²) in [5, 5.41) is 0. The van der Waals surface area contributed by atoms with Crippen molar-refractivity contribution < 1.29 is 17.9 Å². The molecule has 0 saturated carbocycles. The van der Waals surface area contributed by atoms with Gasteiger partial charge in [-0.25, -0.2) is 8.78 Å². The highest BCUT2D eigenvalue weighted by atomic mass is 19.1. The minimum Gasteiger partial charge on any atom is -0.491 e. The number of ether oxygens (including phenoxy) is 1. The molecule has 0 aliphatic heterocycles. The van der Waals surface area contributed by atoms with Gasteiger partial charge in [-0.1, -0.05) is 50.5 Å². The average Bonchev–Trinajstić information content (AvgIpc) is 2.60. The normalized spacial score (nSPS) is 12.2. The van der Waals surface area contributed by atoms with Crippen molar-refractivity contribution in [3.05, 3.63) is 64.7 Å². The maximum atomic E-state index is 14.0. The van der Waals surface area contributed by atoms with E-state index in [0.29, 0.717) is 0 Å². The van der Waals surface area contributed by atoms with Crippen LogP contribution in [0.3, 0.4) is 0 Å². The molecule has 1 nitrogen and oxygen atoms in total. The van der Waals surface area contributed by atoms with E-state index in [-0.39, 0.29) is 5.56 Å². The summed E-state index contributed by atoms with van der Waals surface area (Å²) < 4.78 is 46.3. The summed E-state index contributed by atoms with van der Waals surface area (Å²) in [6.07, 6.45) is 5.57. The second kappa shape index (κ2) is 9.50. The molecule has 0 heterocycles. The molecule has 1 atom stereocenters. The van der Waals surface area contributed by atoms with E-state index < -0.39 is 30.0 Å². The second-order valence-corrected chi connectivity index (χ2v) is 6.28. The van der Waals surface area contributed by atoms with Crippen LogP contribution in [0.15, 0.2) is 36.4 Å². The van der Waals surface area contributed by atoms with Crippen molar-refractivity contribution in [1.29, 1.82) is 0 Å². The zero-order valence-corrected chi connectivity index (χ0v) is 14.8. The van der Waals surface area contributed by atoms with Crippen LogP contribution < -0.4 is 4.74 Å². The van der Waals surface area contributed by atoms with E-state index in [4.69, 9.17) is 0 Å². The van der Waals surface area contributed by atoms with Crippen LogP contribution in [-0.4, -0.2) is 13.8 Å². The Morgan fingerprint density at radius 3 is 2.28 bits per heavy atom. The van der Waals surface area contributed by atoms with Gasteiger partial charge in [0.2, 0.25) is 0 Å². The molecule has 0 bridgehead atoms. The van der Waals surface area contributed by atoms with Gasteiger partial charge in [-0.05, 0) is 41.7 Å². The minimum absolute atomic E-state index is 0.279. The Morgan fingerprint density at radius 2 is 1.68 bits per heavy atom. The molecule has 2 aromatic rings. The number of hydrogen-bond acceptors (Lipinski definition) is 1. The fourth-order valence-electron chi connectivity index (χ4n) is 3.07. The fourth-order valence-corrected chi connectivity index (χ4v) is 3.07. The van der Waals surface area contributed by atoms with Gasteiger partial charge in [-0.3, -0.25) is 4.39 Å². The van der Waals surface area contributed by atoms with Gasteiger partial charge >= 0.3 is 0 Å². The second-order valence-electron chi connectivity index (χ2n) is 6.28. The highest BCUT2D eigenvalue weighted by Gasteiger charge is 2.19. The van der Waals surface area contributed by atoms with Crippen LogP contribution in [0.4, 0.5) is 13.2 Å². The molecule has 1 unspecified atom stereocenters. The van der Waals surface area contributed by atoms with Gasteiger partial charge in [-0.15, -0.1) is 0 Å². The van der Waals surface area contributed by atoms with Crippen LogP contribution in [0.5, 0.6) is 5.75 Å². The number of hydrogen-bond donors (Lipinski definition) is 0. The number of halogens is 3. The molecule has 0 aliphatic rings.